The predicted octanol–water partition coefficient (Wildman–Crippen LogP) is 3.18. The first kappa shape index (κ1) is 10.2. The quantitative estimate of drug-likeness (QED) is 0.697. The maximum Gasteiger partial charge on any atom is 0.573 e. The summed E-state index contributed by atoms with van der Waals surface area (Å²) in [7, 11) is 0. The molecule has 0 aliphatic heterocycles. The van der Waals surface area contributed by atoms with Crippen LogP contribution in [0.25, 0.3) is 0 Å². The second-order valence-electron chi connectivity index (χ2n) is 2.45. The molecule has 0 radical (unpaired) electrons. The molecule has 0 fully saturated rings. The number of rotatable bonds is 1. The highest BCUT2D eigenvalue weighted by molar-refractivity contribution is 7.80. The Bertz CT molecular complexity index is 309. The number of hydrogen-bond donors (Lipinski definition) is 1. The van der Waals surface area contributed by atoms with E-state index in [0.29, 0.717) is 10.5 Å². The number of hydrogen-bond acceptors (Lipinski definition) is 2. The Hall–Kier alpha value is -0.840. The third-order valence-electron chi connectivity index (χ3n) is 1.48. The molecule has 1 aromatic rings. The minimum Gasteiger partial charge on any atom is -0.405 e. The smallest absolute Gasteiger partial charge is 0.405 e. The molecule has 0 unspecified atom stereocenters. The Balaban J connectivity index is 2.96. The number of ether oxygens (including phenoxy) is 1. The summed E-state index contributed by atoms with van der Waals surface area (Å²) in [6.45, 7) is 1.52. The Morgan fingerprint density at radius 3 is 2.46 bits per heavy atom. The summed E-state index contributed by atoms with van der Waals surface area (Å²) < 4.78 is 39.2. The molecule has 0 atom stereocenters. The highest BCUT2D eigenvalue weighted by Crippen LogP contribution is 2.28. The van der Waals surface area contributed by atoms with Gasteiger partial charge in [-0.05, 0) is 19.1 Å². The van der Waals surface area contributed by atoms with Crippen molar-refractivity contribution in [3.8, 4) is 5.75 Å². The first-order valence-electron chi connectivity index (χ1n) is 3.44. The van der Waals surface area contributed by atoms with E-state index in [2.05, 4.69) is 17.4 Å². The summed E-state index contributed by atoms with van der Waals surface area (Å²) in [4.78, 5) is 0.474. The van der Waals surface area contributed by atoms with Gasteiger partial charge in [0, 0.05) is 10.5 Å². The summed E-state index contributed by atoms with van der Waals surface area (Å²) in [6.07, 6.45) is -4.65. The molecule has 0 aliphatic rings. The largest absolute Gasteiger partial charge is 0.573 e. The van der Waals surface area contributed by atoms with Crippen LogP contribution in [0.2, 0.25) is 0 Å². The lowest BCUT2D eigenvalue weighted by atomic mass is 10.2. The zero-order valence-electron chi connectivity index (χ0n) is 6.72. The Labute approximate surface area is 78.9 Å². The Morgan fingerprint density at radius 2 is 1.92 bits per heavy atom. The van der Waals surface area contributed by atoms with Gasteiger partial charge in [-0.3, -0.25) is 0 Å². The van der Waals surface area contributed by atoms with Gasteiger partial charge in [0.1, 0.15) is 5.75 Å². The van der Waals surface area contributed by atoms with Crippen LogP contribution >= 0.6 is 12.6 Å². The van der Waals surface area contributed by atoms with Gasteiger partial charge in [0.2, 0.25) is 0 Å². The van der Waals surface area contributed by atoms with Crippen LogP contribution in [0.5, 0.6) is 5.75 Å². The molecule has 72 valence electrons. The highest BCUT2D eigenvalue weighted by atomic mass is 32.1. The zero-order chi connectivity index (χ0) is 10.1. The van der Waals surface area contributed by atoms with Crippen LogP contribution in [0.15, 0.2) is 23.1 Å². The maximum atomic E-state index is 11.8. The predicted molar refractivity (Wildman–Crippen MR) is 45.1 cm³/mol. The molecule has 0 aliphatic carbocycles. The van der Waals surface area contributed by atoms with E-state index >= 15 is 0 Å². The van der Waals surface area contributed by atoms with Crippen LogP contribution in [0.1, 0.15) is 5.56 Å². The molecule has 0 N–H and O–H groups in total. The number of alkyl halides is 3. The molecule has 1 aromatic carbocycles. The van der Waals surface area contributed by atoms with Gasteiger partial charge >= 0.3 is 6.36 Å². The van der Waals surface area contributed by atoms with Gasteiger partial charge < -0.3 is 4.74 Å². The van der Waals surface area contributed by atoms with Crippen LogP contribution in [0.4, 0.5) is 13.2 Å². The summed E-state index contributed by atoms with van der Waals surface area (Å²) in [5.41, 5.74) is 0.378. The second kappa shape index (κ2) is 3.49. The van der Waals surface area contributed by atoms with Crippen LogP contribution < -0.4 is 4.74 Å². The SMILES string of the molecule is Cc1c(S)cccc1OC(F)(F)F. The maximum absolute atomic E-state index is 11.8. The minimum atomic E-state index is -4.65. The van der Waals surface area contributed by atoms with E-state index in [1.54, 1.807) is 6.07 Å². The summed E-state index contributed by atoms with van der Waals surface area (Å²) >= 11 is 3.97. The van der Waals surface area contributed by atoms with Crippen LogP contribution in [0.3, 0.4) is 0 Å². The monoisotopic (exact) mass is 208 g/mol. The van der Waals surface area contributed by atoms with Gasteiger partial charge in [0.25, 0.3) is 0 Å². The Kier molecular flexibility index (Phi) is 2.75. The molecule has 0 saturated heterocycles. The molecule has 0 saturated carbocycles. The lowest BCUT2D eigenvalue weighted by Crippen LogP contribution is -2.17. The normalized spacial score (nSPS) is 11.5. The molecule has 5 heteroatoms. The first-order chi connectivity index (χ1) is 5.90. The zero-order valence-corrected chi connectivity index (χ0v) is 7.62. The average Bonchev–Trinajstić information content (AvgIpc) is 1.96. The lowest BCUT2D eigenvalue weighted by Gasteiger charge is -2.11. The molecular formula is C8H7F3OS. The van der Waals surface area contributed by atoms with E-state index in [-0.39, 0.29) is 5.75 Å². The molecule has 0 spiro atoms. The van der Waals surface area contributed by atoms with Gasteiger partial charge in [0.15, 0.2) is 0 Å². The standard InChI is InChI=1S/C8H7F3OS/c1-5-6(12-8(9,10)11)3-2-4-7(5)13/h2-4,13H,1H3. The molecule has 0 bridgehead atoms. The van der Waals surface area contributed by atoms with E-state index in [0.717, 1.165) is 0 Å². The van der Waals surface area contributed by atoms with Crippen LogP contribution in [-0.2, 0) is 0 Å². The molecule has 0 aromatic heterocycles. The van der Waals surface area contributed by atoms with Gasteiger partial charge in [-0.25, -0.2) is 0 Å². The average molecular weight is 208 g/mol. The molecule has 1 nitrogen and oxygen atoms in total. The number of thiol groups is 1. The van der Waals surface area contributed by atoms with Crippen LogP contribution in [-0.4, -0.2) is 6.36 Å². The fourth-order valence-electron chi connectivity index (χ4n) is 0.838. The van der Waals surface area contributed by atoms with E-state index in [9.17, 15) is 13.2 Å². The molecule has 0 heterocycles. The van der Waals surface area contributed by atoms with Gasteiger partial charge in [0.05, 0.1) is 0 Å². The number of benzene rings is 1. The van der Waals surface area contributed by atoms with Gasteiger partial charge in [-0.2, -0.15) is 0 Å². The molecule has 1 rings (SSSR count). The highest BCUT2D eigenvalue weighted by Gasteiger charge is 2.31. The van der Waals surface area contributed by atoms with Crippen molar-refractivity contribution in [3.05, 3.63) is 23.8 Å². The van der Waals surface area contributed by atoms with E-state index in [1.807, 2.05) is 0 Å². The van der Waals surface area contributed by atoms with Gasteiger partial charge in [-0.15, -0.1) is 25.8 Å². The first-order valence-corrected chi connectivity index (χ1v) is 3.89. The van der Waals surface area contributed by atoms with Crippen molar-refractivity contribution in [2.45, 2.75) is 18.2 Å². The molecular weight excluding hydrogens is 201 g/mol. The summed E-state index contributed by atoms with van der Waals surface area (Å²) in [6, 6.07) is 4.31. The van der Waals surface area contributed by atoms with Crippen molar-refractivity contribution >= 4 is 12.6 Å². The van der Waals surface area contributed by atoms with Crippen molar-refractivity contribution in [3.63, 3.8) is 0 Å². The fraction of sp³-hybridized carbons (Fsp3) is 0.250. The summed E-state index contributed by atoms with van der Waals surface area (Å²) in [5.74, 6) is -0.208. The third kappa shape index (κ3) is 2.84. The van der Waals surface area contributed by atoms with Crippen molar-refractivity contribution in [1.82, 2.24) is 0 Å². The third-order valence-corrected chi connectivity index (χ3v) is 1.97. The van der Waals surface area contributed by atoms with E-state index in [1.165, 1.54) is 19.1 Å². The van der Waals surface area contributed by atoms with Crippen molar-refractivity contribution in [1.29, 1.82) is 0 Å². The van der Waals surface area contributed by atoms with Crippen molar-refractivity contribution < 1.29 is 17.9 Å². The van der Waals surface area contributed by atoms with Crippen LogP contribution in [0, 0.1) is 6.92 Å². The fourth-order valence-corrected chi connectivity index (χ4v) is 1.03. The van der Waals surface area contributed by atoms with E-state index < -0.39 is 6.36 Å². The van der Waals surface area contributed by atoms with Gasteiger partial charge in [-0.1, -0.05) is 6.07 Å². The Morgan fingerprint density at radius 1 is 1.31 bits per heavy atom. The minimum absolute atomic E-state index is 0.208. The molecule has 13 heavy (non-hydrogen) atoms. The van der Waals surface area contributed by atoms with Crippen molar-refractivity contribution in [2.24, 2.45) is 0 Å². The lowest BCUT2D eigenvalue weighted by molar-refractivity contribution is -0.274. The topological polar surface area (TPSA) is 9.23 Å². The van der Waals surface area contributed by atoms with Crippen molar-refractivity contribution in [2.75, 3.05) is 0 Å². The second-order valence-corrected chi connectivity index (χ2v) is 2.93. The van der Waals surface area contributed by atoms with E-state index in [4.69, 9.17) is 0 Å². The summed E-state index contributed by atoms with van der Waals surface area (Å²) in [5, 5.41) is 0. The molecule has 0 amide bonds. The number of halogens is 3.